The number of ketones is 1. The Kier molecular flexibility index (Phi) is 5.54. The van der Waals surface area contributed by atoms with Crippen molar-refractivity contribution in [3.63, 3.8) is 0 Å². The van der Waals surface area contributed by atoms with Crippen molar-refractivity contribution in [2.75, 3.05) is 0 Å². The summed E-state index contributed by atoms with van der Waals surface area (Å²) in [5.74, 6) is -0.266. The molecule has 0 aliphatic carbocycles. The molecule has 128 valence electrons. The monoisotopic (exact) mass is 328 g/mol. The number of H-pyrrole nitrogens is 1. The Hall–Kier alpha value is -2.43. The molecule has 0 unspecified atom stereocenters. The van der Waals surface area contributed by atoms with Gasteiger partial charge in [-0.2, -0.15) is 0 Å². The van der Waals surface area contributed by atoms with Crippen molar-refractivity contribution >= 4 is 5.78 Å². The normalized spacial score (nSPS) is 10.8. The molecular weight excluding hydrogens is 304 g/mol. The van der Waals surface area contributed by atoms with Crippen molar-refractivity contribution in [2.45, 2.75) is 53.5 Å². The Morgan fingerprint density at radius 1 is 1.08 bits per heavy atom. The summed E-state index contributed by atoms with van der Waals surface area (Å²) >= 11 is 0. The number of nitrogens with one attached hydrogen (secondary N) is 1. The zero-order valence-electron chi connectivity index (χ0n) is 14.7. The largest absolute Gasteiger partial charge is 0.328 e. The Balaban J connectivity index is 2.72. The summed E-state index contributed by atoms with van der Waals surface area (Å²) in [6, 6.07) is 5.58. The van der Waals surface area contributed by atoms with Crippen LogP contribution in [0.15, 0.2) is 27.8 Å². The van der Waals surface area contributed by atoms with Crippen LogP contribution in [0.3, 0.4) is 0 Å². The van der Waals surface area contributed by atoms with Gasteiger partial charge in [-0.25, -0.2) is 4.79 Å². The smallest absolute Gasteiger partial charge is 0.290 e. The molecule has 0 saturated carbocycles. The Labute approximate surface area is 141 Å². The number of benzene rings is 1. The molecule has 0 aliphatic heterocycles. The summed E-state index contributed by atoms with van der Waals surface area (Å²) in [5.41, 5.74) is 2.07. The van der Waals surface area contributed by atoms with Gasteiger partial charge in [0.05, 0.1) is 0 Å². The molecule has 0 amide bonds. The molecule has 0 radical (unpaired) electrons. The average molecular weight is 328 g/mol. The van der Waals surface area contributed by atoms with Gasteiger partial charge in [-0.15, -0.1) is 0 Å². The molecule has 0 fully saturated rings. The number of hydrogen-bond donors (Lipinski definition) is 1. The topological polar surface area (TPSA) is 71.9 Å². The lowest BCUT2D eigenvalue weighted by Crippen LogP contribution is -2.37. The Bertz CT molecular complexity index is 855. The molecule has 2 rings (SSSR count). The van der Waals surface area contributed by atoms with Gasteiger partial charge in [0.1, 0.15) is 5.69 Å². The third kappa shape index (κ3) is 3.55. The molecule has 0 spiro atoms. The van der Waals surface area contributed by atoms with Crippen LogP contribution in [-0.4, -0.2) is 15.3 Å². The fourth-order valence-corrected chi connectivity index (χ4v) is 2.97. The van der Waals surface area contributed by atoms with Gasteiger partial charge in [0.15, 0.2) is 0 Å². The summed E-state index contributed by atoms with van der Waals surface area (Å²) in [4.78, 5) is 39.9. The van der Waals surface area contributed by atoms with E-state index < -0.39 is 11.2 Å². The zero-order chi connectivity index (χ0) is 17.9. The van der Waals surface area contributed by atoms with Crippen LogP contribution in [-0.2, 0) is 13.0 Å². The molecule has 1 aromatic heterocycles. The maximum Gasteiger partial charge on any atom is 0.328 e. The number of rotatable bonds is 6. The van der Waals surface area contributed by atoms with E-state index in [4.69, 9.17) is 0 Å². The average Bonchev–Trinajstić information content (AvgIpc) is 2.51. The Morgan fingerprint density at radius 2 is 1.71 bits per heavy atom. The van der Waals surface area contributed by atoms with Gasteiger partial charge in [0.25, 0.3) is 5.56 Å². The van der Waals surface area contributed by atoms with E-state index in [9.17, 15) is 14.4 Å². The van der Waals surface area contributed by atoms with Gasteiger partial charge in [0, 0.05) is 17.7 Å². The number of aromatic nitrogens is 2. The summed E-state index contributed by atoms with van der Waals surface area (Å²) in [5, 5.41) is 0. The molecule has 24 heavy (non-hydrogen) atoms. The van der Waals surface area contributed by atoms with Crippen LogP contribution in [0.5, 0.6) is 0 Å². The maximum absolute atomic E-state index is 13.1. The van der Waals surface area contributed by atoms with Crippen LogP contribution in [0, 0.1) is 13.8 Å². The SMILES string of the molecule is CCCCn1c(C(=O)c2cc(C)cc(C)c2)c(CC)c(=O)[nH]c1=O. The first-order valence-electron chi connectivity index (χ1n) is 8.38. The van der Waals surface area contributed by atoms with Crippen molar-refractivity contribution in [3.8, 4) is 0 Å². The van der Waals surface area contributed by atoms with Gasteiger partial charge in [0.2, 0.25) is 5.78 Å². The molecule has 5 nitrogen and oxygen atoms in total. The summed E-state index contributed by atoms with van der Waals surface area (Å²) in [7, 11) is 0. The number of carbonyl (C=O) groups is 1. The molecule has 0 saturated heterocycles. The number of carbonyl (C=O) groups excluding carboxylic acids is 1. The van der Waals surface area contributed by atoms with Crippen LogP contribution in [0.4, 0.5) is 0 Å². The maximum atomic E-state index is 13.1. The first-order valence-corrected chi connectivity index (χ1v) is 8.38. The predicted octanol–water partition coefficient (Wildman–Crippen LogP) is 2.75. The van der Waals surface area contributed by atoms with Crippen molar-refractivity contribution in [3.05, 3.63) is 67.0 Å². The number of nitrogens with zero attached hydrogens (tertiary/aromatic N) is 1. The molecule has 1 N–H and O–H groups in total. The lowest BCUT2D eigenvalue weighted by molar-refractivity contribution is 0.102. The van der Waals surface area contributed by atoms with E-state index in [0.717, 1.165) is 24.0 Å². The minimum atomic E-state index is -0.515. The van der Waals surface area contributed by atoms with Crippen LogP contribution in [0.2, 0.25) is 0 Å². The van der Waals surface area contributed by atoms with E-state index in [1.54, 1.807) is 12.1 Å². The molecule has 1 heterocycles. The number of aromatic amines is 1. The van der Waals surface area contributed by atoms with Crippen LogP contribution in [0.25, 0.3) is 0 Å². The summed E-state index contributed by atoms with van der Waals surface area (Å²) in [6.45, 7) is 8.10. The number of hydrogen-bond acceptors (Lipinski definition) is 3. The van der Waals surface area contributed by atoms with Crippen molar-refractivity contribution in [1.82, 2.24) is 9.55 Å². The minimum Gasteiger partial charge on any atom is -0.290 e. The lowest BCUT2D eigenvalue weighted by Gasteiger charge is -2.15. The van der Waals surface area contributed by atoms with E-state index in [-0.39, 0.29) is 11.5 Å². The van der Waals surface area contributed by atoms with E-state index in [2.05, 4.69) is 4.98 Å². The van der Waals surface area contributed by atoms with Gasteiger partial charge in [-0.05, 0) is 38.8 Å². The highest BCUT2D eigenvalue weighted by atomic mass is 16.2. The first-order chi connectivity index (χ1) is 11.4. The number of aryl methyl sites for hydroxylation is 2. The van der Waals surface area contributed by atoms with Gasteiger partial charge in [-0.3, -0.25) is 19.1 Å². The highest BCUT2D eigenvalue weighted by Crippen LogP contribution is 2.16. The molecular formula is C19H24N2O3. The highest BCUT2D eigenvalue weighted by Gasteiger charge is 2.21. The third-order valence-electron chi connectivity index (χ3n) is 4.08. The lowest BCUT2D eigenvalue weighted by atomic mass is 9.99. The van der Waals surface area contributed by atoms with E-state index in [1.165, 1.54) is 4.57 Å². The van der Waals surface area contributed by atoms with Crippen LogP contribution >= 0.6 is 0 Å². The fourth-order valence-electron chi connectivity index (χ4n) is 2.97. The molecule has 1 aromatic carbocycles. The summed E-state index contributed by atoms with van der Waals surface area (Å²) < 4.78 is 1.42. The van der Waals surface area contributed by atoms with Crippen LogP contribution < -0.4 is 11.2 Å². The highest BCUT2D eigenvalue weighted by molar-refractivity contribution is 6.09. The van der Waals surface area contributed by atoms with Crippen LogP contribution in [0.1, 0.15) is 59.4 Å². The van der Waals surface area contributed by atoms with Crippen molar-refractivity contribution in [1.29, 1.82) is 0 Å². The quantitative estimate of drug-likeness (QED) is 0.829. The fraction of sp³-hybridized carbons (Fsp3) is 0.421. The summed E-state index contributed by atoms with van der Waals surface area (Å²) in [6.07, 6.45) is 2.06. The van der Waals surface area contributed by atoms with E-state index >= 15 is 0 Å². The van der Waals surface area contributed by atoms with E-state index in [0.29, 0.717) is 24.1 Å². The third-order valence-corrected chi connectivity index (χ3v) is 4.08. The van der Waals surface area contributed by atoms with Gasteiger partial charge < -0.3 is 0 Å². The first kappa shape index (κ1) is 17.9. The van der Waals surface area contributed by atoms with Crippen molar-refractivity contribution in [2.24, 2.45) is 0 Å². The predicted molar refractivity (Wildman–Crippen MR) is 95.0 cm³/mol. The van der Waals surface area contributed by atoms with Crippen molar-refractivity contribution < 1.29 is 4.79 Å². The second-order valence-electron chi connectivity index (χ2n) is 6.15. The molecule has 5 heteroatoms. The van der Waals surface area contributed by atoms with Gasteiger partial charge in [-0.1, -0.05) is 37.5 Å². The minimum absolute atomic E-state index is 0.227. The van der Waals surface area contributed by atoms with Gasteiger partial charge >= 0.3 is 5.69 Å². The second kappa shape index (κ2) is 7.43. The zero-order valence-corrected chi connectivity index (χ0v) is 14.7. The molecule has 2 aromatic rings. The molecule has 0 bridgehead atoms. The molecule has 0 atom stereocenters. The number of unbranched alkanes of at least 4 members (excludes halogenated alkanes) is 1. The second-order valence-corrected chi connectivity index (χ2v) is 6.15. The molecule has 0 aliphatic rings. The van der Waals surface area contributed by atoms with E-state index in [1.807, 2.05) is 33.8 Å². The standard InChI is InChI=1S/C19H24N2O3/c1-5-7-8-21-16(15(6-2)18(23)20-19(21)24)17(22)14-10-12(3)9-13(4)11-14/h9-11H,5-8H2,1-4H3,(H,20,23,24). The Morgan fingerprint density at radius 3 is 2.25 bits per heavy atom.